The van der Waals surface area contributed by atoms with Gasteiger partial charge in [0, 0.05) is 5.39 Å². The van der Waals surface area contributed by atoms with E-state index in [-0.39, 0.29) is 11.6 Å². The van der Waals surface area contributed by atoms with Crippen LogP contribution in [0.15, 0.2) is 54.6 Å². The first-order chi connectivity index (χ1) is 10.1. The predicted molar refractivity (Wildman–Crippen MR) is 81.1 cm³/mol. The lowest BCUT2D eigenvalue weighted by atomic mass is 9.93. The van der Waals surface area contributed by atoms with Gasteiger partial charge in [-0.1, -0.05) is 36.4 Å². The molecule has 0 amide bonds. The smallest absolute Gasteiger partial charge is 0.131 e. The molecule has 3 aromatic rings. The van der Waals surface area contributed by atoms with Crippen LogP contribution in [0.1, 0.15) is 22.7 Å². The number of halogens is 2. The molecule has 0 saturated carbocycles. The zero-order valence-electron chi connectivity index (χ0n) is 11.6. The monoisotopic (exact) mass is 283 g/mol. The molecule has 3 heteroatoms. The van der Waals surface area contributed by atoms with Crippen molar-refractivity contribution >= 4 is 10.8 Å². The van der Waals surface area contributed by atoms with E-state index in [1.54, 1.807) is 18.2 Å². The highest BCUT2D eigenvalue weighted by Gasteiger charge is 2.15. The van der Waals surface area contributed by atoms with Gasteiger partial charge >= 0.3 is 0 Å². The molecule has 2 N–H and O–H groups in total. The lowest BCUT2D eigenvalue weighted by Gasteiger charge is -2.16. The van der Waals surface area contributed by atoms with Gasteiger partial charge in [0.2, 0.25) is 0 Å². The van der Waals surface area contributed by atoms with Crippen LogP contribution in [0.3, 0.4) is 0 Å². The molecule has 1 nitrogen and oxygen atoms in total. The summed E-state index contributed by atoms with van der Waals surface area (Å²) in [5, 5.41) is 1.28. The summed E-state index contributed by atoms with van der Waals surface area (Å²) < 4.78 is 27.4. The summed E-state index contributed by atoms with van der Waals surface area (Å²) >= 11 is 0. The fourth-order valence-corrected chi connectivity index (χ4v) is 2.68. The second-order valence-corrected chi connectivity index (χ2v) is 5.22. The first-order valence-electron chi connectivity index (χ1n) is 6.76. The van der Waals surface area contributed by atoms with Crippen molar-refractivity contribution in [1.29, 1.82) is 0 Å². The minimum atomic E-state index is -0.495. The lowest BCUT2D eigenvalue weighted by Crippen LogP contribution is -2.13. The van der Waals surface area contributed by atoms with Crippen molar-refractivity contribution in [2.45, 2.75) is 13.0 Å². The van der Waals surface area contributed by atoms with E-state index in [0.29, 0.717) is 10.9 Å². The van der Waals surface area contributed by atoms with Crippen molar-refractivity contribution in [2.75, 3.05) is 0 Å². The largest absolute Gasteiger partial charge is 0.320 e. The molecule has 0 aliphatic heterocycles. The number of fused-ring (bicyclic) bond motifs is 1. The van der Waals surface area contributed by atoms with Crippen LogP contribution in [0, 0.1) is 18.6 Å². The third kappa shape index (κ3) is 2.52. The lowest BCUT2D eigenvalue weighted by molar-refractivity contribution is 0.622. The number of hydrogen-bond acceptors (Lipinski definition) is 1. The Morgan fingerprint density at radius 3 is 2.33 bits per heavy atom. The molecule has 3 rings (SSSR count). The zero-order valence-corrected chi connectivity index (χ0v) is 11.6. The van der Waals surface area contributed by atoms with Crippen LogP contribution in [0.4, 0.5) is 8.78 Å². The van der Waals surface area contributed by atoms with Gasteiger partial charge in [-0.05, 0) is 47.2 Å². The van der Waals surface area contributed by atoms with Crippen molar-refractivity contribution in [3.8, 4) is 0 Å². The van der Waals surface area contributed by atoms with Gasteiger partial charge in [0.25, 0.3) is 0 Å². The normalized spacial score (nSPS) is 12.6. The van der Waals surface area contributed by atoms with Crippen molar-refractivity contribution in [1.82, 2.24) is 0 Å². The molecule has 0 aromatic heterocycles. The van der Waals surface area contributed by atoms with Crippen LogP contribution in [-0.4, -0.2) is 0 Å². The van der Waals surface area contributed by atoms with Crippen LogP contribution in [0.25, 0.3) is 10.8 Å². The first kappa shape index (κ1) is 13.7. The molecule has 21 heavy (non-hydrogen) atoms. The number of hydrogen-bond donors (Lipinski definition) is 1. The second-order valence-electron chi connectivity index (χ2n) is 5.22. The van der Waals surface area contributed by atoms with Gasteiger partial charge in [0.1, 0.15) is 11.6 Å². The first-order valence-corrected chi connectivity index (χ1v) is 6.76. The molecular formula is C18H15F2N. The molecule has 1 atom stereocenters. The van der Waals surface area contributed by atoms with E-state index in [0.717, 1.165) is 16.5 Å². The topological polar surface area (TPSA) is 26.0 Å². The highest BCUT2D eigenvalue weighted by Crippen LogP contribution is 2.29. The van der Waals surface area contributed by atoms with E-state index in [4.69, 9.17) is 5.73 Å². The van der Waals surface area contributed by atoms with Crippen LogP contribution < -0.4 is 5.73 Å². The molecule has 0 radical (unpaired) electrons. The zero-order chi connectivity index (χ0) is 15.0. The third-order valence-electron chi connectivity index (χ3n) is 3.66. The highest BCUT2D eigenvalue weighted by atomic mass is 19.1. The maximum absolute atomic E-state index is 13.9. The molecular weight excluding hydrogens is 268 g/mol. The molecule has 0 saturated heterocycles. The van der Waals surface area contributed by atoms with Gasteiger partial charge in [-0.2, -0.15) is 0 Å². The molecule has 0 heterocycles. The summed E-state index contributed by atoms with van der Waals surface area (Å²) in [6.45, 7) is 1.82. The summed E-state index contributed by atoms with van der Waals surface area (Å²) in [4.78, 5) is 0. The molecule has 0 aliphatic carbocycles. The van der Waals surface area contributed by atoms with Crippen molar-refractivity contribution in [3.63, 3.8) is 0 Å². The molecule has 106 valence electrons. The quantitative estimate of drug-likeness (QED) is 0.737. The van der Waals surface area contributed by atoms with Gasteiger partial charge in [0.05, 0.1) is 6.04 Å². The Balaban J connectivity index is 2.18. The standard InChI is InChI=1S/C18H15F2N/c1-11-8-12(10-13(19)9-11)18(21)16-6-7-17(20)15-5-3-2-4-14(15)16/h2-10,18H,21H2,1H3. The Bertz CT molecular complexity index is 791. The van der Waals surface area contributed by atoms with Crippen LogP contribution >= 0.6 is 0 Å². The number of benzene rings is 3. The second kappa shape index (κ2) is 5.26. The Labute approximate surface area is 122 Å². The molecule has 0 bridgehead atoms. The van der Waals surface area contributed by atoms with Crippen molar-refractivity contribution in [3.05, 3.63) is 82.9 Å². The maximum atomic E-state index is 13.9. The molecule has 3 aromatic carbocycles. The van der Waals surface area contributed by atoms with E-state index >= 15 is 0 Å². The van der Waals surface area contributed by atoms with Crippen LogP contribution in [-0.2, 0) is 0 Å². The molecule has 0 spiro atoms. The third-order valence-corrected chi connectivity index (χ3v) is 3.66. The van der Waals surface area contributed by atoms with Gasteiger partial charge in [-0.15, -0.1) is 0 Å². The summed E-state index contributed by atoms with van der Waals surface area (Å²) in [5.74, 6) is -0.594. The fourth-order valence-electron chi connectivity index (χ4n) is 2.68. The Hall–Kier alpha value is -2.26. The number of nitrogens with two attached hydrogens (primary N) is 1. The summed E-state index contributed by atoms with van der Waals surface area (Å²) in [6, 6.07) is 14.5. The van der Waals surface area contributed by atoms with Gasteiger partial charge < -0.3 is 5.73 Å². The minimum Gasteiger partial charge on any atom is -0.320 e. The highest BCUT2D eigenvalue weighted by molar-refractivity contribution is 5.87. The Morgan fingerprint density at radius 2 is 1.62 bits per heavy atom. The molecule has 0 aliphatic rings. The van der Waals surface area contributed by atoms with Gasteiger partial charge in [-0.25, -0.2) is 8.78 Å². The SMILES string of the molecule is Cc1cc(F)cc(C(N)c2ccc(F)c3ccccc23)c1. The molecule has 1 unspecified atom stereocenters. The predicted octanol–water partition coefficient (Wildman–Crippen LogP) is 4.47. The summed E-state index contributed by atoms with van der Waals surface area (Å²) in [6.07, 6.45) is 0. The van der Waals surface area contributed by atoms with E-state index < -0.39 is 6.04 Å². The number of aryl methyl sites for hydroxylation is 1. The Morgan fingerprint density at radius 1 is 0.905 bits per heavy atom. The van der Waals surface area contributed by atoms with E-state index in [1.165, 1.54) is 18.2 Å². The summed E-state index contributed by atoms with van der Waals surface area (Å²) in [5.41, 5.74) is 8.57. The van der Waals surface area contributed by atoms with E-state index in [9.17, 15) is 8.78 Å². The van der Waals surface area contributed by atoms with E-state index in [1.807, 2.05) is 25.1 Å². The fraction of sp³-hybridized carbons (Fsp3) is 0.111. The maximum Gasteiger partial charge on any atom is 0.131 e. The van der Waals surface area contributed by atoms with E-state index in [2.05, 4.69) is 0 Å². The van der Waals surface area contributed by atoms with Crippen LogP contribution in [0.2, 0.25) is 0 Å². The average Bonchev–Trinajstić information content (AvgIpc) is 2.46. The van der Waals surface area contributed by atoms with Crippen molar-refractivity contribution < 1.29 is 8.78 Å². The van der Waals surface area contributed by atoms with Crippen molar-refractivity contribution in [2.24, 2.45) is 5.73 Å². The van der Waals surface area contributed by atoms with Gasteiger partial charge in [-0.3, -0.25) is 0 Å². The average molecular weight is 283 g/mol. The summed E-state index contributed by atoms with van der Waals surface area (Å²) in [7, 11) is 0. The van der Waals surface area contributed by atoms with Gasteiger partial charge in [0.15, 0.2) is 0 Å². The Kier molecular flexibility index (Phi) is 3.43. The minimum absolute atomic E-state index is 0.281. The molecule has 0 fully saturated rings. The van der Waals surface area contributed by atoms with Crippen LogP contribution in [0.5, 0.6) is 0 Å². The number of rotatable bonds is 2.